The summed E-state index contributed by atoms with van der Waals surface area (Å²) < 4.78 is 0. The van der Waals surface area contributed by atoms with Crippen molar-refractivity contribution in [1.82, 2.24) is 0 Å². The molecule has 1 aromatic rings. The lowest BCUT2D eigenvalue weighted by atomic mass is 9.66. The van der Waals surface area contributed by atoms with Crippen LogP contribution < -0.4 is 0 Å². The molecule has 0 heterocycles. The minimum atomic E-state index is -0.909. The number of phenolic OH excluding ortho intramolecular Hbond substituents is 1. The van der Waals surface area contributed by atoms with E-state index >= 15 is 0 Å². The molecule has 0 radical (unpaired) electrons. The molecule has 0 aliphatic heterocycles. The molecule has 110 valence electrons. The predicted octanol–water partition coefficient (Wildman–Crippen LogP) is 4.11. The lowest BCUT2D eigenvalue weighted by Gasteiger charge is -2.36. The van der Waals surface area contributed by atoms with E-state index in [-0.39, 0.29) is 11.7 Å². The molecule has 2 N–H and O–H groups in total. The molecule has 0 spiro atoms. The second kappa shape index (κ2) is 5.47. The summed E-state index contributed by atoms with van der Waals surface area (Å²) in [5.41, 5.74) is 1.49. The number of benzene rings is 1. The van der Waals surface area contributed by atoms with Gasteiger partial charge >= 0.3 is 5.97 Å². The van der Waals surface area contributed by atoms with Gasteiger partial charge in [-0.1, -0.05) is 45.2 Å². The summed E-state index contributed by atoms with van der Waals surface area (Å²) in [4.78, 5) is 12.0. The van der Waals surface area contributed by atoms with Crippen molar-refractivity contribution >= 4 is 5.97 Å². The zero-order valence-corrected chi connectivity index (χ0v) is 12.6. The zero-order valence-electron chi connectivity index (χ0n) is 12.6. The molecule has 1 aliphatic carbocycles. The number of carbonyl (C=O) groups is 1. The van der Waals surface area contributed by atoms with Crippen LogP contribution in [-0.4, -0.2) is 16.2 Å². The largest absolute Gasteiger partial charge is 0.507 e. The van der Waals surface area contributed by atoms with Crippen LogP contribution in [0.4, 0.5) is 0 Å². The van der Waals surface area contributed by atoms with Crippen LogP contribution in [0.5, 0.6) is 5.75 Å². The molecule has 2 rings (SSSR count). The van der Waals surface area contributed by atoms with E-state index in [1.807, 2.05) is 32.9 Å². The molecule has 3 nitrogen and oxygen atoms in total. The van der Waals surface area contributed by atoms with E-state index in [9.17, 15) is 15.0 Å². The fourth-order valence-corrected chi connectivity index (χ4v) is 3.42. The number of hydrogen-bond donors (Lipinski definition) is 2. The van der Waals surface area contributed by atoms with Gasteiger partial charge in [-0.3, -0.25) is 4.79 Å². The first kappa shape index (κ1) is 14.9. The van der Waals surface area contributed by atoms with Gasteiger partial charge in [-0.15, -0.1) is 0 Å². The third-order valence-corrected chi connectivity index (χ3v) is 4.63. The molecule has 1 aromatic carbocycles. The number of aryl methyl sites for hydroxylation is 1. The third kappa shape index (κ3) is 2.30. The smallest absolute Gasteiger partial charge is 0.314 e. The monoisotopic (exact) mass is 276 g/mol. The van der Waals surface area contributed by atoms with E-state index in [0.29, 0.717) is 18.4 Å². The molecular weight excluding hydrogens is 252 g/mol. The van der Waals surface area contributed by atoms with E-state index in [4.69, 9.17) is 0 Å². The molecule has 0 atom stereocenters. The van der Waals surface area contributed by atoms with Gasteiger partial charge in [0.1, 0.15) is 5.75 Å². The van der Waals surface area contributed by atoms with Crippen molar-refractivity contribution in [2.45, 2.75) is 64.2 Å². The Bertz CT molecular complexity index is 511. The molecule has 3 heteroatoms. The fourth-order valence-electron chi connectivity index (χ4n) is 3.42. The van der Waals surface area contributed by atoms with Crippen LogP contribution >= 0.6 is 0 Å². The van der Waals surface area contributed by atoms with Crippen LogP contribution in [0.2, 0.25) is 0 Å². The maximum absolute atomic E-state index is 12.0. The van der Waals surface area contributed by atoms with Crippen LogP contribution in [-0.2, 0) is 10.2 Å². The first-order chi connectivity index (χ1) is 9.40. The van der Waals surface area contributed by atoms with Gasteiger partial charge in [0.15, 0.2) is 0 Å². The van der Waals surface area contributed by atoms with Gasteiger partial charge < -0.3 is 10.2 Å². The summed E-state index contributed by atoms with van der Waals surface area (Å²) in [5.74, 6) is -0.407. The molecule has 0 bridgehead atoms. The molecule has 1 aliphatic rings. The van der Waals surface area contributed by atoms with Gasteiger partial charge in [-0.05, 0) is 36.8 Å². The summed E-state index contributed by atoms with van der Waals surface area (Å²) >= 11 is 0. The second-order valence-electron chi connectivity index (χ2n) is 6.30. The first-order valence-electron chi connectivity index (χ1n) is 7.46. The second-order valence-corrected chi connectivity index (χ2v) is 6.30. The van der Waals surface area contributed by atoms with Crippen LogP contribution in [0.3, 0.4) is 0 Å². The van der Waals surface area contributed by atoms with E-state index in [1.54, 1.807) is 0 Å². The van der Waals surface area contributed by atoms with E-state index < -0.39 is 11.4 Å². The number of aromatic hydroxyl groups is 1. The number of phenols is 1. The molecular formula is C17H24O3. The summed E-state index contributed by atoms with van der Waals surface area (Å²) in [7, 11) is 0. The average molecular weight is 276 g/mol. The van der Waals surface area contributed by atoms with Crippen molar-refractivity contribution < 1.29 is 15.0 Å². The minimum absolute atomic E-state index is 0.181. The lowest BCUT2D eigenvalue weighted by molar-refractivity contribution is -0.145. The highest BCUT2D eigenvalue weighted by atomic mass is 16.4. The van der Waals surface area contributed by atoms with E-state index in [0.717, 1.165) is 30.4 Å². The Hall–Kier alpha value is -1.51. The van der Waals surface area contributed by atoms with Crippen molar-refractivity contribution in [3.05, 3.63) is 28.8 Å². The Morgan fingerprint density at radius 3 is 2.30 bits per heavy atom. The summed E-state index contributed by atoms with van der Waals surface area (Å²) in [6.07, 6.45) is 4.16. The normalized spacial score (nSPS) is 18.2. The number of carboxylic acids is 1. The predicted molar refractivity (Wildman–Crippen MR) is 79.3 cm³/mol. The van der Waals surface area contributed by atoms with Crippen molar-refractivity contribution in [3.63, 3.8) is 0 Å². The van der Waals surface area contributed by atoms with Crippen molar-refractivity contribution in [3.8, 4) is 5.75 Å². The van der Waals surface area contributed by atoms with Crippen LogP contribution in [0, 0.1) is 6.92 Å². The average Bonchev–Trinajstić information content (AvgIpc) is 2.41. The maximum Gasteiger partial charge on any atom is 0.314 e. The highest BCUT2D eigenvalue weighted by Gasteiger charge is 2.45. The molecule has 1 fully saturated rings. The van der Waals surface area contributed by atoms with Crippen LogP contribution in [0.25, 0.3) is 0 Å². The quantitative estimate of drug-likeness (QED) is 0.873. The highest BCUT2D eigenvalue weighted by molar-refractivity contribution is 5.83. The molecule has 0 aromatic heterocycles. The zero-order chi connectivity index (χ0) is 14.9. The van der Waals surface area contributed by atoms with E-state index in [1.165, 1.54) is 0 Å². The third-order valence-electron chi connectivity index (χ3n) is 4.63. The summed E-state index contributed by atoms with van der Waals surface area (Å²) in [6.45, 7) is 5.93. The Kier molecular flexibility index (Phi) is 4.07. The minimum Gasteiger partial charge on any atom is -0.507 e. The maximum atomic E-state index is 12.0. The fraction of sp³-hybridized carbons (Fsp3) is 0.588. The molecule has 0 saturated heterocycles. The van der Waals surface area contributed by atoms with E-state index in [2.05, 4.69) is 0 Å². The molecule has 20 heavy (non-hydrogen) atoms. The van der Waals surface area contributed by atoms with Crippen molar-refractivity contribution in [1.29, 1.82) is 0 Å². The van der Waals surface area contributed by atoms with Gasteiger partial charge in [0.2, 0.25) is 0 Å². The Morgan fingerprint density at radius 1 is 1.20 bits per heavy atom. The van der Waals surface area contributed by atoms with Gasteiger partial charge in [-0.25, -0.2) is 0 Å². The highest BCUT2D eigenvalue weighted by Crippen LogP contribution is 2.47. The Balaban J connectivity index is 2.69. The number of aliphatic carboxylic acids is 1. The van der Waals surface area contributed by atoms with Crippen LogP contribution in [0.1, 0.15) is 68.6 Å². The van der Waals surface area contributed by atoms with Crippen molar-refractivity contribution in [2.75, 3.05) is 0 Å². The topological polar surface area (TPSA) is 57.5 Å². The first-order valence-corrected chi connectivity index (χ1v) is 7.46. The van der Waals surface area contributed by atoms with Crippen LogP contribution in [0.15, 0.2) is 12.1 Å². The lowest BCUT2D eigenvalue weighted by Crippen LogP contribution is -2.39. The Morgan fingerprint density at radius 2 is 1.80 bits per heavy atom. The van der Waals surface area contributed by atoms with Gasteiger partial charge in [-0.2, -0.15) is 0 Å². The van der Waals surface area contributed by atoms with Gasteiger partial charge in [0.25, 0.3) is 0 Å². The number of carboxylic acid groups (broad SMARTS) is 1. The summed E-state index contributed by atoms with van der Waals surface area (Å²) in [6, 6.07) is 3.86. The van der Waals surface area contributed by atoms with Gasteiger partial charge in [0.05, 0.1) is 5.41 Å². The molecule has 0 unspecified atom stereocenters. The number of hydrogen-bond acceptors (Lipinski definition) is 2. The standard InChI is InChI=1S/C17H24O3/c1-11(2)13-8-7-12(3)15(18)14(13)17(16(19)20)9-5-4-6-10-17/h7-8,11,18H,4-6,9-10H2,1-3H3,(H,19,20). The molecule has 1 saturated carbocycles. The number of rotatable bonds is 3. The SMILES string of the molecule is Cc1ccc(C(C)C)c(C2(C(=O)O)CCCCC2)c1O. The van der Waals surface area contributed by atoms with Crippen molar-refractivity contribution in [2.24, 2.45) is 0 Å². The summed E-state index contributed by atoms with van der Waals surface area (Å²) in [5, 5.41) is 20.4. The van der Waals surface area contributed by atoms with Gasteiger partial charge in [0, 0.05) is 5.56 Å². The Labute approximate surface area is 120 Å². The molecule has 0 amide bonds.